The Balaban J connectivity index is 2.15. The van der Waals surface area contributed by atoms with E-state index < -0.39 is 0 Å². The van der Waals surface area contributed by atoms with E-state index >= 15 is 0 Å². The summed E-state index contributed by atoms with van der Waals surface area (Å²) in [5.41, 5.74) is 3.42. The molecule has 3 nitrogen and oxygen atoms in total. The van der Waals surface area contributed by atoms with Crippen LogP contribution in [0.25, 0.3) is 0 Å². The Morgan fingerprint density at radius 2 is 2.19 bits per heavy atom. The Bertz CT molecular complexity index is 583. The van der Waals surface area contributed by atoms with E-state index in [4.69, 9.17) is 11.6 Å². The predicted molar refractivity (Wildman–Crippen MR) is 92.4 cm³/mol. The van der Waals surface area contributed by atoms with Gasteiger partial charge in [0.05, 0.1) is 17.2 Å². The number of aromatic nitrogens is 1. The van der Waals surface area contributed by atoms with Gasteiger partial charge in [-0.15, -0.1) is 11.3 Å². The largest absolute Gasteiger partial charge is 0.368 e. The van der Waals surface area contributed by atoms with Crippen molar-refractivity contribution in [2.24, 2.45) is 0 Å². The SMILES string of the molecule is CCCNCc1c(Cl)cccc1N(C)Cc1csc(C)n1. The zero-order valence-electron chi connectivity index (χ0n) is 12.8. The van der Waals surface area contributed by atoms with Gasteiger partial charge in [-0.05, 0) is 32.0 Å². The summed E-state index contributed by atoms with van der Waals surface area (Å²) in [4.78, 5) is 6.74. The van der Waals surface area contributed by atoms with E-state index in [2.05, 4.69) is 40.6 Å². The van der Waals surface area contributed by atoms with Gasteiger partial charge in [0, 0.05) is 35.2 Å². The van der Waals surface area contributed by atoms with Gasteiger partial charge >= 0.3 is 0 Å². The maximum Gasteiger partial charge on any atom is 0.0898 e. The van der Waals surface area contributed by atoms with Crippen molar-refractivity contribution in [1.29, 1.82) is 0 Å². The Kier molecular flexibility index (Phi) is 6.03. The molecule has 0 amide bonds. The van der Waals surface area contributed by atoms with E-state index in [1.807, 2.05) is 19.1 Å². The van der Waals surface area contributed by atoms with Crippen LogP contribution in [0.1, 0.15) is 29.6 Å². The van der Waals surface area contributed by atoms with Gasteiger partial charge in [-0.1, -0.05) is 24.6 Å². The Morgan fingerprint density at radius 1 is 1.38 bits per heavy atom. The molecule has 114 valence electrons. The summed E-state index contributed by atoms with van der Waals surface area (Å²) in [5, 5.41) is 7.47. The molecule has 0 aliphatic carbocycles. The van der Waals surface area contributed by atoms with Crippen molar-refractivity contribution in [3.8, 4) is 0 Å². The van der Waals surface area contributed by atoms with Crippen molar-refractivity contribution in [3.05, 3.63) is 44.9 Å². The van der Waals surface area contributed by atoms with Crippen LogP contribution in [0.15, 0.2) is 23.6 Å². The molecule has 0 unspecified atom stereocenters. The summed E-state index contributed by atoms with van der Waals surface area (Å²) in [5.74, 6) is 0. The zero-order valence-corrected chi connectivity index (χ0v) is 14.4. The molecule has 2 rings (SSSR count). The number of halogens is 1. The second kappa shape index (κ2) is 7.78. The van der Waals surface area contributed by atoms with Gasteiger partial charge in [0.25, 0.3) is 0 Å². The molecule has 0 fully saturated rings. The fraction of sp³-hybridized carbons (Fsp3) is 0.438. The van der Waals surface area contributed by atoms with Crippen molar-refractivity contribution >= 4 is 28.6 Å². The highest BCUT2D eigenvalue weighted by molar-refractivity contribution is 7.09. The first-order chi connectivity index (χ1) is 10.1. The lowest BCUT2D eigenvalue weighted by Crippen LogP contribution is -2.21. The minimum Gasteiger partial charge on any atom is -0.368 e. The number of thiazole rings is 1. The van der Waals surface area contributed by atoms with Gasteiger partial charge in [-0.25, -0.2) is 4.98 Å². The topological polar surface area (TPSA) is 28.2 Å². The van der Waals surface area contributed by atoms with Gasteiger partial charge in [0.15, 0.2) is 0 Å². The highest BCUT2D eigenvalue weighted by Gasteiger charge is 2.12. The predicted octanol–water partition coefficient (Wildman–Crippen LogP) is 4.24. The van der Waals surface area contributed by atoms with Gasteiger partial charge in [0.1, 0.15) is 0 Å². The molecule has 0 saturated carbocycles. The average molecular weight is 324 g/mol. The Labute approximate surface area is 136 Å². The molecule has 0 saturated heterocycles. The van der Waals surface area contributed by atoms with Gasteiger partial charge in [-0.3, -0.25) is 0 Å². The number of nitrogens with one attached hydrogen (secondary N) is 1. The van der Waals surface area contributed by atoms with Crippen LogP contribution in [0.4, 0.5) is 5.69 Å². The third-order valence-corrected chi connectivity index (χ3v) is 4.48. The van der Waals surface area contributed by atoms with Crippen LogP contribution in [-0.2, 0) is 13.1 Å². The molecule has 0 atom stereocenters. The first-order valence-corrected chi connectivity index (χ1v) is 8.47. The van der Waals surface area contributed by atoms with Crippen LogP contribution in [0.2, 0.25) is 5.02 Å². The monoisotopic (exact) mass is 323 g/mol. The fourth-order valence-electron chi connectivity index (χ4n) is 2.28. The number of rotatable bonds is 7. The summed E-state index contributed by atoms with van der Waals surface area (Å²) in [6.07, 6.45) is 1.12. The second-order valence-corrected chi connectivity index (χ2v) is 6.60. The molecule has 0 aliphatic heterocycles. The maximum atomic E-state index is 6.38. The number of aryl methyl sites for hydroxylation is 1. The average Bonchev–Trinajstić information content (AvgIpc) is 2.86. The third-order valence-electron chi connectivity index (χ3n) is 3.30. The molecule has 0 aliphatic rings. The molecule has 1 heterocycles. The van der Waals surface area contributed by atoms with Crippen LogP contribution < -0.4 is 10.2 Å². The molecule has 0 radical (unpaired) electrons. The summed E-state index contributed by atoms with van der Waals surface area (Å²) in [6, 6.07) is 6.08. The van der Waals surface area contributed by atoms with Crippen molar-refractivity contribution in [1.82, 2.24) is 10.3 Å². The molecule has 21 heavy (non-hydrogen) atoms. The molecule has 0 spiro atoms. The second-order valence-electron chi connectivity index (χ2n) is 5.13. The van der Waals surface area contributed by atoms with Gasteiger partial charge in [-0.2, -0.15) is 0 Å². The van der Waals surface area contributed by atoms with Gasteiger partial charge < -0.3 is 10.2 Å². The van der Waals surface area contributed by atoms with E-state index in [9.17, 15) is 0 Å². The van der Waals surface area contributed by atoms with Crippen molar-refractivity contribution < 1.29 is 0 Å². The van der Waals surface area contributed by atoms with Crippen LogP contribution >= 0.6 is 22.9 Å². The van der Waals surface area contributed by atoms with Crippen LogP contribution in [0.3, 0.4) is 0 Å². The van der Waals surface area contributed by atoms with E-state index in [-0.39, 0.29) is 0 Å². The minimum atomic E-state index is 0.795. The lowest BCUT2D eigenvalue weighted by molar-refractivity contribution is 0.673. The lowest BCUT2D eigenvalue weighted by Gasteiger charge is -2.22. The summed E-state index contributed by atoms with van der Waals surface area (Å²) < 4.78 is 0. The number of hydrogen-bond donors (Lipinski definition) is 1. The zero-order chi connectivity index (χ0) is 15.2. The number of anilines is 1. The quantitative estimate of drug-likeness (QED) is 0.772. The smallest absolute Gasteiger partial charge is 0.0898 e. The molecular formula is C16H22ClN3S. The summed E-state index contributed by atoms with van der Waals surface area (Å²) >= 11 is 8.07. The normalized spacial score (nSPS) is 10.9. The van der Waals surface area contributed by atoms with E-state index in [1.165, 1.54) is 0 Å². The van der Waals surface area contributed by atoms with Crippen LogP contribution in [-0.4, -0.2) is 18.6 Å². The minimum absolute atomic E-state index is 0.795. The number of hydrogen-bond acceptors (Lipinski definition) is 4. The summed E-state index contributed by atoms with van der Waals surface area (Å²) in [6.45, 7) is 6.79. The van der Waals surface area contributed by atoms with Crippen molar-refractivity contribution in [2.75, 3.05) is 18.5 Å². The first kappa shape index (κ1) is 16.3. The lowest BCUT2D eigenvalue weighted by atomic mass is 10.1. The number of benzene rings is 1. The highest BCUT2D eigenvalue weighted by atomic mass is 35.5. The molecule has 2 aromatic rings. The molecule has 1 aromatic heterocycles. The van der Waals surface area contributed by atoms with Crippen LogP contribution in [0, 0.1) is 6.92 Å². The fourth-order valence-corrected chi connectivity index (χ4v) is 3.12. The van der Waals surface area contributed by atoms with E-state index in [0.29, 0.717) is 0 Å². The molecule has 1 N–H and O–H groups in total. The third kappa shape index (κ3) is 4.43. The molecule has 5 heteroatoms. The maximum absolute atomic E-state index is 6.38. The standard InChI is InChI=1S/C16H22ClN3S/c1-4-8-18-9-14-15(17)6-5-7-16(14)20(3)10-13-11-21-12(2)19-13/h5-7,11,18H,4,8-10H2,1-3H3. The molecular weight excluding hydrogens is 302 g/mol. The summed E-state index contributed by atoms with van der Waals surface area (Å²) in [7, 11) is 2.09. The van der Waals surface area contributed by atoms with Gasteiger partial charge in [0.2, 0.25) is 0 Å². The number of nitrogens with zero attached hydrogens (tertiary/aromatic N) is 2. The highest BCUT2D eigenvalue weighted by Crippen LogP contribution is 2.28. The van der Waals surface area contributed by atoms with E-state index in [0.717, 1.165) is 53.0 Å². The van der Waals surface area contributed by atoms with Crippen molar-refractivity contribution in [2.45, 2.75) is 33.4 Å². The van der Waals surface area contributed by atoms with Crippen molar-refractivity contribution in [3.63, 3.8) is 0 Å². The molecule has 0 bridgehead atoms. The van der Waals surface area contributed by atoms with E-state index in [1.54, 1.807) is 11.3 Å². The molecule has 1 aromatic carbocycles. The first-order valence-electron chi connectivity index (χ1n) is 7.22. The Morgan fingerprint density at radius 3 is 2.86 bits per heavy atom. The van der Waals surface area contributed by atoms with Crippen LogP contribution in [0.5, 0.6) is 0 Å². The Hall–Kier alpha value is -1.10.